The molecule has 2 aliphatic rings. The number of aryl methyl sites for hydroxylation is 1. The molecular weight excluding hydrogens is 727 g/mol. The lowest BCUT2D eigenvalue weighted by atomic mass is 9.72. The van der Waals surface area contributed by atoms with Gasteiger partial charge in [0.25, 0.3) is 0 Å². The van der Waals surface area contributed by atoms with Crippen molar-refractivity contribution in [3.05, 3.63) is 190 Å². The standard InChI is InChI=1S/C56H53NO.C2H6/c1-11-35-25-32-47-50(40(35)12-2)46-31-30-44-43-29-28-39(33-48(43)56(9,10)51(44)52(46)55(47,7)8)57(38-26-23-36(24-27-38)34(5)6)49-22-18-21-45-42(14-4)53(58-54(45)49)41(13-3)37-19-16-15-17-20-37;1-2/h11-13,15-34H,1-2,14H2,3-10H3;1-2H3/b41-13-;. The summed E-state index contributed by atoms with van der Waals surface area (Å²) in [6, 6.07) is 42.7. The van der Waals surface area contributed by atoms with E-state index in [0.717, 1.165) is 56.9 Å². The van der Waals surface area contributed by atoms with E-state index in [1.165, 1.54) is 61.2 Å². The zero-order chi connectivity index (χ0) is 42.7. The highest BCUT2D eigenvalue weighted by Gasteiger charge is 2.46. The van der Waals surface area contributed by atoms with Gasteiger partial charge in [-0.25, -0.2) is 0 Å². The number of hydrogen-bond acceptors (Lipinski definition) is 2. The van der Waals surface area contributed by atoms with Crippen LogP contribution in [0.2, 0.25) is 0 Å². The first-order valence-corrected chi connectivity index (χ1v) is 21.9. The van der Waals surface area contributed by atoms with Crippen molar-refractivity contribution in [3.8, 4) is 22.3 Å². The molecule has 0 fully saturated rings. The smallest absolute Gasteiger partial charge is 0.159 e. The highest BCUT2D eigenvalue weighted by atomic mass is 16.3. The molecule has 2 nitrogen and oxygen atoms in total. The second-order valence-electron chi connectivity index (χ2n) is 17.4. The van der Waals surface area contributed by atoms with Crippen molar-refractivity contribution in [2.24, 2.45) is 0 Å². The van der Waals surface area contributed by atoms with E-state index in [9.17, 15) is 0 Å². The Hall–Kier alpha value is -6.12. The van der Waals surface area contributed by atoms with Crippen LogP contribution in [0, 0.1) is 0 Å². The average Bonchev–Trinajstić information content (AvgIpc) is 3.84. The Bertz CT molecular complexity index is 2820. The van der Waals surface area contributed by atoms with Gasteiger partial charge in [0.1, 0.15) is 5.76 Å². The van der Waals surface area contributed by atoms with E-state index < -0.39 is 0 Å². The van der Waals surface area contributed by atoms with Gasteiger partial charge in [-0.3, -0.25) is 0 Å². The number of anilines is 3. The molecule has 302 valence electrons. The van der Waals surface area contributed by atoms with Gasteiger partial charge in [0, 0.05) is 38.7 Å². The maximum absolute atomic E-state index is 7.12. The van der Waals surface area contributed by atoms with Crippen molar-refractivity contribution in [1.82, 2.24) is 0 Å². The summed E-state index contributed by atoms with van der Waals surface area (Å²) in [7, 11) is 0. The molecule has 7 aromatic rings. The van der Waals surface area contributed by atoms with E-state index in [1.54, 1.807) is 0 Å². The molecule has 2 heteroatoms. The van der Waals surface area contributed by atoms with Crippen molar-refractivity contribution >= 4 is 45.8 Å². The lowest BCUT2D eigenvalue weighted by molar-refractivity contribution is 0.595. The van der Waals surface area contributed by atoms with Crippen LogP contribution >= 0.6 is 0 Å². The van der Waals surface area contributed by atoms with E-state index in [1.807, 2.05) is 26.0 Å². The first-order valence-electron chi connectivity index (χ1n) is 21.9. The number of furan rings is 1. The predicted molar refractivity (Wildman–Crippen MR) is 260 cm³/mol. The van der Waals surface area contributed by atoms with Crippen molar-refractivity contribution < 1.29 is 4.42 Å². The van der Waals surface area contributed by atoms with Crippen molar-refractivity contribution in [1.29, 1.82) is 0 Å². The summed E-state index contributed by atoms with van der Waals surface area (Å²) in [6.07, 6.45) is 7.00. The van der Waals surface area contributed by atoms with Gasteiger partial charge in [-0.2, -0.15) is 0 Å². The highest BCUT2D eigenvalue weighted by Crippen LogP contribution is 2.60. The molecule has 9 rings (SSSR count). The number of rotatable bonds is 9. The number of para-hydroxylation sites is 1. The third-order valence-electron chi connectivity index (χ3n) is 13.2. The second kappa shape index (κ2) is 15.5. The molecule has 6 aromatic carbocycles. The summed E-state index contributed by atoms with van der Waals surface area (Å²) in [5.74, 6) is 1.38. The minimum Gasteiger partial charge on any atom is -0.454 e. The largest absolute Gasteiger partial charge is 0.454 e. The van der Waals surface area contributed by atoms with E-state index in [2.05, 4.69) is 195 Å². The summed E-state index contributed by atoms with van der Waals surface area (Å²) in [6.45, 7) is 30.9. The third-order valence-corrected chi connectivity index (χ3v) is 13.2. The molecule has 1 aromatic heterocycles. The molecule has 60 heavy (non-hydrogen) atoms. The minimum absolute atomic E-state index is 0.186. The monoisotopic (exact) mass is 785 g/mol. The molecule has 1 heterocycles. The van der Waals surface area contributed by atoms with Gasteiger partial charge < -0.3 is 9.32 Å². The molecule has 2 aliphatic carbocycles. The summed E-state index contributed by atoms with van der Waals surface area (Å²) >= 11 is 0. The van der Waals surface area contributed by atoms with Gasteiger partial charge in [0.15, 0.2) is 5.58 Å². The Kier molecular flexibility index (Phi) is 10.5. The maximum Gasteiger partial charge on any atom is 0.159 e. The van der Waals surface area contributed by atoms with Crippen LogP contribution in [-0.2, 0) is 17.3 Å². The van der Waals surface area contributed by atoms with Gasteiger partial charge >= 0.3 is 0 Å². The van der Waals surface area contributed by atoms with Crippen LogP contribution in [0.5, 0.6) is 0 Å². The molecule has 0 amide bonds. The first kappa shape index (κ1) is 40.7. The van der Waals surface area contributed by atoms with Crippen molar-refractivity contribution in [3.63, 3.8) is 0 Å². The lowest BCUT2D eigenvalue weighted by Gasteiger charge is -2.31. The van der Waals surface area contributed by atoms with Crippen molar-refractivity contribution in [2.45, 2.75) is 92.4 Å². The SMILES string of the molecule is C=Cc1ccc2c(c1C=C)-c1ccc3c(c1C2(C)C)C(C)(C)c1cc(N(c2ccc(C(C)C)cc2)c2cccc4c(CC)c(/C(=C\C)c5ccccc5)oc24)ccc1-3.CC. The van der Waals surface area contributed by atoms with Crippen LogP contribution < -0.4 is 4.90 Å². The van der Waals surface area contributed by atoms with Gasteiger partial charge in [-0.1, -0.05) is 179 Å². The summed E-state index contributed by atoms with van der Waals surface area (Å²) in [5.41, 5.74) is 21.6. The molecule has 0 atom stereocenters. The molecule has 0 spiro atoms. The fraction of sp³-hybridized carbons (Fsp3) is 0.241. The Morgan fingerprint density at radius 3 is 2.00 bits per heavy atom. The summed E-state index contributed by atoms with van der Waals surface area (Å²) in [5, 5.41) is 1.15. The minimum atomic E-state index is -0.260. The van der Waals surface area contributed by atoms with E-state index in [-0.39, 0.29) is 10.8 Å². The number of hydrogen-bond donors (Lipinski definition) is 0. The molecule has 0 radical (unpaired) electrons. The molecule has 0 bridgehead atoms. The Balaban J connectivity index is 0.00000246. The van der Waals surface area contributed by atoms with Gasteiger partial charge in [-0.15, -0.1) is 0 Å². The normalized spacial score (nSPS) is 14.2. The van der Waals surface area contributed by atoms with Gasteiger partial charge in [0.2, 0.25) is 0 Å². The first-order chi connectivity index (χ1) is 29.0. The number of benzene rings is 6. The summed E-state index contributed by atoms with van der Waals surface area (Å²) in [4.78, 5) is 2.41. The zero-order valence-corrected chi connectivity index (χ0v) is 37.3. The zero-order valence-electron chi connectivity index (χ0n) is 37.3. The fourth-order valence-corrected chi connectivity index (χ4v) is 10.3. The van der Waals surface area contributed by atoms with Crippen molar-refractivity contribution in [2.75, 3.05) is 4.90 Å². The Morgan fingerprint density at radius 2 is 1.35 bits per heavy atom. The molecule has 0 unspecified atom stereocenters. The van der Waals surface area contributed by atoms with E-state index in [0.29, 0.717) is 5.92 Å². The number of nitrogens with zero attached hydrogens (tertiary/aromatic N) is 1. The lowest BCUT2D eigenvalue weighted by Crippen LogP contribution is -2.24. The van der Waals surface area contributed by atoms with Gasteiger partial charge in [-0.05, 0) is 116 Å². The van der Waals surface area contributed by atoms with E-state index >= 15 is 0 Å². The molecule has 0 saturated carbocycles. The second-order valence-corrected chi connectivity index (χ2v) is 17.4. The quantitative estimate of drug-likeness (QED) is 0.145. The number of allylic oxidation sites excluding steroid dienone is 1. The third kappa shape index (κ3) is 6.06. The summed E-state index contributed by atoms with van der Waals surface area (Å²) < 4.78 is 7.12. The molecule has 0 aliphatic heterocycles. The molecule has 0 N–H and O–H groups in total. The number of fused-ring (bicyclic) bond motifs is 8. The maximum atomic E-state index is 7.12. The van der Waals surface area contributed by atoms with Crippen LogP contribution in [-0.4, -0.2) is 0 Å². The topological polar surface area (TPSA) is 16.4 Å². The fourth-order valence-electron chi connectivity index (χ4n) is 10.3. The van der Waals surface area contributed by atoms with Crippen LogP contribution in [0.15, 0.2) is 139 Å². The Morgan fingerprint density at radius 1 is 0.700 bits per heavy atom. The molecule has 0 saturated heterocycles. The highest BCUT2D eigenvalue weighted by molar-refractivity contribution is 6.01. The molecular formula is C58H59NO. The van der Waals surface area contributed by atoms with E-state index in [4.69, 9.17) is 4.42 Å². The van der Waals surface area contributed by atoms with Crippen LogP contribution in [0.1, 0.15) is 131 Å². The van der Waals surface area contributed by atoms with Crippen LogP contribution in [0.25, 0.3) is 50.9 Å². The van der Waals surface area contributed by atoms with Gasteiger partial charge in [0.05, 0.1) is 5.69 Å². The van der Waals surface area contributed by atoms with Crippen LogP contribution in [0.3, 0.4) is 0 Å². The Labute approximate surface area is 358 Å². The van der Waals surface area contributed by atoms with Crippen LogP contribution in [0.4, 0.5) is 17.1 Å². The average molecular weight is 786 g/mol. The predicted octanol–water partition coefficient (Wildman–Crippen LogP) is 17.0.